The van der Waals surface area contributed by atoms with Crippen molar-refractivity contribution in [3.8, 4) is 0 Å². The third-order valence-electron chi connectivity index (χ3n) is 3.86. The number of aromatic amines is 1. The number of aromatic nitrogens is 2. The topological polar surface area (TPSA) is 158 Å². The third-order valence-corrected chi connectivity index (χ3v) is 5.32. The average molecular weight is 395 g/mol. The van der Waals surface area contributed by atoms with Crippen LogP contribution in [-0.4, -0.2) is 63.2 Å². The van der Waals surface area contributed by atoms with E-state index in [0.29, 0.717) is 43.5 Å². The molecule has 0 atom stereocenters. The fourth-order valence-electron chi connectivity index (χ4n) is 2.52. The van der Waals surface area contributed by atoms with Gasteiger partial charge < -0.3 is 20.5 Å². The molecule has 2 aromatic rings. The highest BCUT2D eigenvalue weighted by Gasteiger charge is 2.20. The van der Waals surface area contributed by atoms with Gasteiger partial charge in [-0.1, -0.05) is 6.07 Å². The lowest BCUT2D eigenvalue weighted by atomic mass is 10.3. The van der Waals surface area contributed by atoms with Crippen molar-refractivity contribution in [1.29, 1.82) is 0 Å². The quantitative estimate of drug-likeness (QED) is 0.497. The number of nitrogens with zero attached hydrogens (tertiary/aromatic N) is 4. The number of nitrogens with one attached hydrogen (secondary N) is 2. The van der Waals surface area contributed by atoms with Crippen molar-refractivity contribution in [2.45, 2.75) is 4.90 Å². The summed E-state index contributed by atoms with van der Waals surface area (Å²) >= 11 is 0. The van der Waals surface area contributed by atoms with Gasteiger partial charge in [-0.2, -0.15) is 10.2 Å². The summed E-state index contributed by atoms with van der Waals surface area (Å²) < 4.78 is 31.9. The van der Waals surface area contributed by atoms with E-state index in [2.05, 4.69) is 25.1 Å². The first-order chi connectivity index (χ1) is 13.0. The number of nitrogens with two attached hydrogens (primary N) is 1. The molecule has 27 heavy (non-hydrogen) atoms. The Morgan fingerprint density at radius 1 is 1.33 bits per heavy atom. The minimum Gasteiger partial charge on any atom is -0.395 e. The molecule has 1 aromatic carbocycles. The molecule has 0 bridgehead atoms. The molecule has 0 radical (unpaired) electrons. The van der Waals surface area contributed by atoms with Gasteiger partial charge in [-0.15, -0.1) is 5.11 Å². The largest absolute Gasteiger partial charge is 0.395 e. The Labute approximate surface area is 156 Å². The van der Waals surface area contributed by atoms with E-state index in [4.69, 9.17) is 15.6 Å². The van der Waals surface area contributed by atoms with Gasteiger partial charge in [0.2, 0.25) is 10.0 Å². The van der Waals surface area contributed by atoms with E-state index in [1.165, 1.54) is 12.1 Å². The second-order valence-electron chi connectivity index (χ2n) is 5.73. The molecular formula is C15H21N7O4S. The van der Waals surface area contributed by atoms with Crippen LogP contribution < -0.4 is 15.4 Å². The maximum Gasteiger partial charge on any atom is 0.240 e. The molecule has 2 heterocycles. The van der Waals surface area contributed by atoms with Gasteiger partial charge in [0, 0.05) is 19.6 Å². The van der Waals surface area contributed by atoms with E-state index in [-0.39, 0.29) is 23.9 Å². The number of sulfonamides is 1. The average Bonchev–Trinajstić information content (AvgIpc) is 3.06. The number of azo groups is 1. The van der Waals surface area contributed by atoms with E-state index in [9.17, 15) is 8.42 Å². The van der Waals surface area contributed by atoms with Crippen LogP contribution in [0, 0.1) is 0 Å². The lowest BCUT2D eigenvalue weighted by Gasteiger charge is -2.26. The summed E-state index contributed by atoms with van der Waals surface area (Å²) in [5.74, 6) is 0.849. The van der Waals surface area contributed by atoms with Crippen molar-refractivity contribution >= 4 is 33.0 Å². The SMILES string of the molecule is Nc1[nH]nc(N2CCOCC2)c1N=Nc1cccc(S(=O)(=O)NCCO)c1. The van der Waals surface area contributed by atoms with E-state index < -0.39 is 10.0 Å². The number of rotatable bonds is 7. The molecule has 3 rings (SSSR count). The molecule has 0 unspecified atom stereocenters. The van der Waals surface area contributed by atoms with Gasteiger partial charge in [-0.25, -0.2) is 13.1 Å². The van der Waals surface area contributed by atoms with Gasteiger partial charge in [0.05, 0.1) is 30.4 Å². The zero-order valence-electron chi connectivity index (χ0n) is 14.5. The van der Waals surface area contributed by atoms with Crippen LogP contribution in [-0.2, 0) is 14.8 Å². The molecular weight excluding hydrogens is 374 g/mol. The Morgan fingerprint density at radius 3 is 2.85 bits per heavy atom. The van der Waals surface area contributed by atoms with Crippen LogP contribution in [0.1, 0.15) is 0 Å². The van der Waals surface area contributed by atoms with E-state index in [1.54, 1.807) is 12.1 Å². The second kappa shape index (κ2) is 8.43. The molecule has 1 fully saturated rings. The lowest BCUT2D eigenvalue weighted by molar-refractivity contribution is 0.122. The Hall–Kier alpha value is -2.54. The van der Waals surface area contributed by atoms with Gasteiger partial charge in [-0.3, -0.25) is 5.10 Å². The molecule has 0 saturated carbocycles. The Bertz CT molecular complexity index is 907. The highest BCUT2D eigenvalue weighted by Crippen LogP contribution is 2.33. The monoisotopic (exact) mass is 395 g/mol. The first-order valence-electron chi connectivity index (χ1n) is 8.30. The van der Waals surface area contributed by atoms with Crippen molar-refractivity contribution in [3.05, 3.63) is 24.3 Å². The number of hydrogen-bond donors (Lipinski definition) is 4. The maximum absolute atomic E-state index is 12.1. The maximum atomic E-state index is 12.1. The number of aliphatic hydroxyl groups excluding tert-OH is 1. The van der Waals surface area contributed by atoms with Crippen molar-refractivity contribution in [2.24, 2.45) is 10.2 Å². The van der Waals surface area contributed by atoms with Crippen molar-refractivity contribution in [2.75, 3.05) is 50.1 Å². The van der Waals surface area contributed by atoms with Gasteiger partial charge in [0.25, 0.3) is 0 Å². The Kier molecular flexibility index (Phi) is 6.01. The minimum absolute atomic E-state index is 0.0287. The molecule has 1 aromatic heterocycles. The Morgan fingerprint density at radius 2 is 2.11 bits per heavy atom. The normalized spacial score (nSPS) is 15.5. The van der Waals surface area contributed by atoms with Gasteiger partial charge in [0.1, 0.15) is 5.82 Å². The molecule has 1 aliphatic rings. The van der Waals surface area contributed by atoms with Crippen LogP contribution in [0.5, 0.6) is 0 Å². The first-order valence-corrected chi connectivity index (χ1v) is 9.78. The second-order valence-corrected chi connectivity index (χ2v) is 7.49. The summed E-state index contributed by atoms with van der Waals surface area (Å²) in [5, 5.41) is 23.9. The number of ether oxygens (including phenoxy) is 1. The van der Waals surface area contributed by atoms with Crippen LogP contribution >= 0.6 is 0 Å². The number of H-pyrrole nitrogens is 1. The summed E-state index contributed by atoms with van der Waals surface area (Å²) in [7, 11) is -3.73. The van der Waals surface area contributed by atoms with E-state index >= 15 is 0 Å². The number of aliphatic hydroxyl groups is 1. The fraction of sp³-hybridized carbons (Fsp3) is 0.400. The molecule has 1 saturated heterocycles. The Balaban J connectivity index is 1.83. The van der Waals surface area contributed by atoms with Gasteiger partial charge in [0.15, 0.2) is 11.5 Å². The van der Waals surface area contributed by atoms with Crippen LogP contribution in [0.15, 0.2) is 39.4 Å². The molecule has 0 amide bonds. The molecule has 0 aliphatic carbocycles. The summed E-state index contributed by atoms with van der Waals surface area (Å²) in [6, 6.07) is 6.00. The molecule has 12 heteroatoms. The minimum atomic E-state index is -3.73. The molecule has 11 nitrogen and oxygen atoms in total. The predicted octanol–water partition coefficient (Wildman–Crippen LogP) is 0.514. The van der Waals surface area contributed by atoms with Crippen LogP contribution in [0.3, 0.4) is 0 Å². The smallest absolute Gasteiger partial charge is 0.240 e. The number of hydrogen-bond acceptors (Lipinski definition) is 9. The number of nitrogen functional groups attached to an aromatic ring is 1. The molecule has 146 valence electrons. The van der Waals surface area contributed by atoms with Crippen LogP contribution in [0.2, 0.25) is 0 Å². The third kappa shape index (κ3) is 4.60. The zero-order chi connectivity index (χ0) is 19.3. The summed E-state index contributed by atoms with van der Waals surface area (Å²) in [6.07, 6.45) is 0. The van der Waals surface area contributed by atoms with Crippen molar-refractivity contribution in [3.63, 3.8) is 0 Å². The number of anilines is 2. The number of morpholine rings is 1. The molecule has 0 spiro atoms. The van der Waals surface area contributed by atoms with Crippen molar-refractivity contribution in [1.82, 2.24) is 14.9 Å². The van der Waals surface area contributed by atoms with Crippen LogP contribution in [0.25, 0.3) is 0 Å². The molecule has 1 aliphatic heterocycles. The van der Waals surface area contributed by atoms with E-state index in [1.807, 2.05) is 4.90 Å². The highest BCUT2D eigenvalue weighted by molar-refractivity contribution is 7.89. The summed E-state index contributed by atoms with van der Waals surface area (Å²) in [5.41, 5.74) is 6.64. The number of benzene rings is 1. The van der Waals surface area contributed by atoms with Crippen LogP contribution in [0.4, 0.5) is 23.0 Å². The fourth-order valence-corrected chi connectivity index (χ4v) is 3.58. The summed E-state index contributed by atoms with van der Waals surface area (Å²) in [4.78, 5) is 2.02. The zero-order valence-corrected chi connectivity index (χ0v) is 15.3. The van der Waals surface area contributed by atoms with Gasteiger partial charge >= 0.3 is 0 Å². The van der Waals surface area contributed by atoms with Gasteiger partial charge in [-0.05, 0) is 18.2 Å². The highest BCUT2D eigenvalue weighted by atomic mass is 32.2. The lowest BCUT2D eigenvalue weighted by Crippen LogP contribution is -2.36. The standard InChI is InChI=1S/C15H21N7O4S/c16-14-13(15(21-20-14)22-5-8-26-9-6-22)19-18-11-2-1-3-12(10-11)27(24,25)17-4-7-23/h1-3,10,17,23H,4-9H2,(H3,16,20,21). The van der Waals surface area contributed by atoms with Crippen molar-refractivity contribution < 1.29 is 18.3 Å². The predicted molar refractivity (Wildman–Crippen MR) is 98.9 cm³/mol. The summed E-state index contributed by atoms with van der Waals surface area (Å²) in [6.45, 7) is 2.15. The van der Waals surface area contributed by atoms with E-state index in [0.717, 1.165) is 0 Å². The molecule has 5 N–H and O–H groups in total. The first kappa shape index (κ1) is 19.2.